The molecule has 2 nitrogen and oxygen atoms in total. The van der Waals surface area contributed by atoms with E-state index >= 15 is 0 Å². The molecule has 1 N–H and O–H groups in total. The van der Waals surface area contributed by atoms with Gasteiger partial charge in [-0.3, -0.25) is 0 Å². The van der Waals surface area contributed by atoms with Gasteiger partial charge in [-0.1, -0.05) is 13.8 Å². The maximum Gasteiger partial charge on any atom is 0.106 e. The fraction of sp³-hybridized carbons (Fsp3) is 0.900. The molecule has 0 bridgehead atoms. The number of rotatable bonds is 7. The quantitative estimate of drug-likeness (QED) is 0.641. The van der Waals surface area contributed by atoms with E-state index in [1.807, 2.05) is 18.8 Å². The van der Waals surface area contributed by atoms with E-state index in [1.165, 1.54) is 11.5 Å². The van der Waals surface area contributed by atoms with Crippen LogP contribution in [-0.2, 0) is 0 Å². The maximum atomic E-state index is 9.01. The van der Waals surface area contributed by atoms with E-state index < -0.39 is 0 Å². The third kappa shape index (κ3) is 4.54. The second-order valence-corrected chi connectivity index (χ2v) is 4.49. The van der Waals surface area contributed by atoms with Crippen LogP contribution >= 0.6 is 11.8 Å². The van der Waals surface area contributed by atoms with E-state index in [0.29, 0.717) is 0 Å². The van der Waals surface area contributed by atoms with Crippen molar-refractivity contribution >= 4 is 11.8 Å². The van der Waals surface area contributed by atoms with Gasteiger partial charge < -0.3 is 5.32 Å². The third-order valence-electron chi connectivity index (χ3n) is 2.39. The summed E-state index contributed by atoms with van der Waals surface area (Å²) in [5.41, 5.74) is -0.283. The van der Waals surface area contributed by atoms with Crippen molar-refractivity contribution in [3.8, 4) is 6.07 Å². The molecule has 0 saturated heterocycles. The smallest absolute Gasteiger partial charge is 0.106 e. The van der Waals surface area contributed by atoms with E-state index in [2.05, 4.69) is 25.2 Å². The monoisotopic (exact) mass is 200 g/mol. The van der Waals surface area contributed by atoms with Crippen LogP contribution in [0.2, 0.25) is 0 Å². The lowest BCUT2D eigenvalue weighted by molar-refractivity contribution is 0.400. The number of hydrogen-bond acceptors (Lipinski definition) is 3. The highest BCUT2D eigenvalue weighted by atomic mass is 32.2. The molecule has 0 aromatic heterocycles. The predicted octanol–water partition coefficient (Wildman–Crippen LogP) is 2.41. The summed E-state index contributed by atoms with van der Waals surface area (Å²) in [6, 6.07) is 2.37. The Morgan fingerprint density at radius 2 is 2.15 bits per heavy atom. The van der Waals surface area contributed by atoms with Gasteiger partial charge in [0.15, 0.2) is 0 Å². The van der Waals surface area contributed by atoms with Crippen LogP contribution in [0.3, 0.4) is 0 Å². The third-order valence-corrected chi connectivity index (χ3v) is 3.38. The van der Waals surface area contributed by atoms with Gasteiger partial charge in [-0.2, -0.15) is 17.0 Å². The van der Waals surface area contributed by atoms with Gasteiger partial charge >= 0.3 is 0 Å². The summed E-state index contributed by atoms with van der Waals surface area (Å²) >= 11 is 1.94. The number of nitriles is 1. The Morgan fingerprint density at radius 1 is 1.46 bits per heavy atom. The van der Waals surface area contributed by atoms with Crippen molar-refractivity contribution in [2.75, 3.05) is 18.6 Å². The van der Waals surface area contributed by atoms with Crippen LogP contribution in [0.5, 0.6) is 0 Å². The average Bonchev–Trinajstić information content (AvgIpc) is 2.20. The van der Waals surface area contributed by atoms with Gasteiger partial charge in [0.05, 0.1) is 6.07 Å². The van der Waals surface area contributed by atoms with Crippen molar-refractivity contribution < 1.29 is 0 Å². The average molecular weight is 200 g/mol. The zero-order valence-corrected chi connectivity index (χ0v) is 9.71. The molecule has 0 amide bonds. The lowest BCUT2D eigenvalue weighted by Gasteiger charge is -2.24. The minimum absolute atomic E-state index is 0.283. The van der Waals surface area contributed by atoms with Crippen molar-refractivity contribution in [2.24, 2.45) is 0 Å². The molecule has 0 radical (unpaired) electrons. The molecular formula is C10H20N2S. The number of nitrogens with zero attached hydrogens (tertiary/aromatic N) is 1. The highest BCUT2D eigenvalue weighted by Crippen LogP contribution is 2.17. The Labute approximate surface area is 86.1 Å². The zero-order chi connectivity index (χ0) is 10.2. The molecule has 0 aliphatic heterocycles. The summed E-state index contributed by atoms with van der Waals surface area (Å²) < 4.78 is 0. The largest absolute Gasteiger partial charge is 0.302 e. The van der Waals surface area contributed by atoms with Crippen molar-refractivity contribution in [1.29, 1.82) is 5.26 Å². The van der Waals surface area contributed by atoms with E-state index in [0.717, 1.165) is 19.3 Å². The molecule has 1 unspecified atom stereocenters. The van der Waals surface area contributed by atoms with Crippen LogP contribution in [0, 0.1) is 11.3 Å². The first-order valence-electron chi connectivity index (χ1n) is 4.92. The highest BCUT2D eigenvalue weighted by molar-refractivity contribution is 7.99. The first-order chi connectivity index (χ1) is 6.24. The lowest BCUT2D eigenvalue weighted by atomic mass is 9.93. The highest BCUT2D eigenvalue weighted by Gasteiger charge is 2.24. The van der Waals surface area contributed by atoms with Crippen LogP contribution in [0.15, 0.2) is 0 Å². The summed E-state index contributed by atoms with van der Waals surface area (Å²) in [6.07, 6.45) is 2.97. The van der Waals surface area contributed by atoms with Gasteiger partial charge in [0.1, 0.15) is 5.54 Å². The molecule has 0 aliphatic rings. The maximum absolute atomic E-state index is 9.01. The van der Waals surface area contributed by atoms with E-state index in [4.69, 9.17) is 5.26 Å². The van der Waals surface area contributed by atoms with Crippen molar-refractivity contribution in [3.63, 3.8) is 0 Å². The summed E-state index contributed by atoms with van der Waals surface area (Å²) in [5.74, 6) is 2.34. The minimum Gasteiger partial charge on any atom is -0.302 e. The second-order valence-electron chi connectivity index (χ2n) is 3.10. The molecule has 0 spiro atoms. The summed E-state index contributed by atoms with van der Waals surface area (Å²) in [4.78, 5) is 0. The van der Waals surface area contributed by atoms with Crippen LogP contribution in [0.1, 0.15) is 33.1 Å². The summed E-state index contributed by atoms with van der Waals surface area (Å²) in [7, 11) is 1.87. The molecule has 0 aromatic carbocycles. The van der Waals surface area contributed by atoms with Gasteiger partial charge in [-0.05, 0) is 37.8 Å². The van der Waals surface area contributed by atoms with Crippen LogP contribution < -0.4 is 5.32 Å². The van der Waals surface area contributed by atoms with Gasteiger partial charge in [-0.15, -0.1) is 0 Å². The number of hydrogen-bond donors (Lipinski definition) is 1. The molecule has 3 heteroatoms. The van der Waals surface area contributed by atoms with E-state index in [-0.39, 0.29) is 5.54 Å². The molecule has 0 saturated carbocycles. The Balaban J connectivity index is 3.77. The minimum atomic E-state index is -0.283. The molecule has 0 rings (SSSR count). The standard InChI is InChI=1S/C10H20N2S/c1-4-10(9-11,12-3)7-6-8-13-5-2/h12H,4-8H2,1-3H3. The summed E-state index contributed by atoms with van der Waals surface area (Å²) in [5, 5.41) is 12.1. The van der Waals surface area contributed by atoms with Gasteiger partial charge in [0.2, 0.25) is 0 Å². The Bertz CT molecular complexity index is 159. The normalized spacial score (nSPS) is 14.9. The lowest BCUT2D eigenvalue weighted by Crippen LogP contribution is -2.40. The molecule has 0 aromatic rings. The van der Waals surface area contributed by atoms with Crippen molar-refractivity contribution in [1.82, 2.24) is 5.32 Å². The number of thioether (sulfide) groups is 1. The molecule has 76 valence electrons. The Kier molecular flexibility index (Phi) is 7.12. The van der Waals surface area contributed by atoms with Crippen LogP contribution in [0.4, 0.5) is 0 Å². The Hall–Kier alpha value is -0.200. The molecular weight excluding hydrogens is 180 g/mol. The first kappa shape index (κ1) is 12.8. The molecule has 0 fully saturated rings. The van der Waals surface area contributed by atoms with Gasteiger partial charge in [-0.25, -0.2) is 0 Å². The fourth-order valence-corrected chi connectivity index (χ4v) is 1.93. The van der Waals surface area contributed by atoms with Gasteiger partial charge in [0, 0.05) is 0 Å². The molecule has 0 aliphatic carbocycles. The molecule has 0 heterocycles. The van der Waals surface area contributed by atoms with Crippen LogP contribution in [-0.4, -0.2) is 24.1 Å². The van der Waals surface area contributed by atoms with Gasteiger partial charge in [0.25, 0.3) is 0 Å². The van der Waals surface area contributed by atoms with E-state index in [1.54, 1.807) is 0 Å². The topological polar surface area (TPSA) is 35.8 Å². The van der Waals surface area contributed by atoms with Crippen LogP contribution in [0.25, 0.3) is 0 Å². The SMILES string of the molecule is CCSCCCC(C#N)(CC)NC. The van der Waals surface area contributed by atoms with Crippen molar-refractivity contribution in [3.05, 3.63) is 0 Å². The second kappa shape index (κ2) is 7.23. The predicted molar refractivity (Wildman–Crippen MR) is 59.9 cm³/mol. The summed E-state index contributed by atoms with van der Waals surface area (Å²) in [6.45, 7) is 4.23. The van der Waals surface area contributed by atoms with E-state index in [9.17, 15) is 0 Å². The molecule has 1 atom stereocenters. The zero-order valence-electron chi connectivity index (χ0n) is 8.89. The first-order valence-corrected chi connectivity index (χ1v) is 6.08. The van der Waals surface area contributed by atoms with Crippen molar-refractivity contribution in [2.45, 2.75) is 38.6 Å². The number of nitrogens with one attached hydrogen (secondary N) is 1. The Morgan fingerprint density at radius 3 is 2.54 bits per heavy atom. The molecule has 13 heavy (non-hydrogen) atoms. The fourth-order valence-electron chi connectivity index (χ4n) is 1.29.